The maximum atomic E-state index is 5.76. The van der Waals surface area contributed by atoms with Gasteiger partial charge < -0.3 is 18.8 Å². The van der Waals surface area contributed by atoms with Crippen LogP contribution in [0.5, 0.6) is 11.5 Å². The van der Waals surface area contributed by atoms with Crippen LogP contribution in [0.4, 0.5) is 5.69 Å². The maximum Gasteiger partial charge on any atom is 0.288 e. The molecule has 0 saturated carbocycles. The van der Waals surface area contributed by atoms with Crippen molar-refractivity contribution in [2.75, 3.05) is 44.3 Å². The summed E-state index contributed by atoms with van der Waals surface area (Å²) in [5, 5.41) is 4.59. The molecule has 150 valence electrons. The van der Waals surface area contributed by atoms with E-state index in [0.717, 1.165) is 37.5 Å². The van der Waals surface area contributed by atoms with Gasteiger partial charge in [0.15, 0.2) is 11.5 Å². The van der Waals surface area contributed by atoms with Crippen molar-refractivity contribution >= 4 is 17.9 Å². The molecule has 0 radical (unpaired) electrons. The minimum atomic E-state index is 0.375. The summed E-state index contributed by atoms with van der Waals surface area (Å²) >= 11 is 5.40. The third kappa shape index (κ3) is 3.86. The van der Waals surface area contributed by atoms with Crippen LogP contribution in [0.1, 0.15) is 0 Å². The van der Waals surface area contributed by atoms with Gasteiger partial charge in [-0.1, -0.05) is 18.2 Å². The Morgan fingerprint density at radius 2 is 1.66 bits per heavy atom. The predicted octanol–water partition coefficient (Wildman–Crippen LogP) is 3.42. The summed E-state index contributed by atoms with van der Waals surface area (Å²) in [5.74, 6) is 1.95. The number of benzene rings is 2. The van der Waals surface area contributed by atoms with Gasteiger partial charge in [0.05, 0.1) is 6.67 Å². The summed E-state index contributed by atoms with van der Waals surface area (Å²) in [6.07, 6.45) is 0. The minimum absolute atomic E-state index is 0.375. The van der Waals surface area contributed by atoms with Gasteiger partial charge in [-0.3, -0.25) is 4.90 Å². The Morgan fingerprint density at radius 3 is 2.45 bits per heavy atom. The van der Waals surface area contributed by atoms with Crippen LogP contribution < -0.4 is 14.4 Å². The molecule has 8 heteroatoms. The monoisotopic (exact) mass is 410 g/mol. The Balaban J connectivity index is 1.26. The number of hydrogen-bond acceptors (Lipinski definition) is 7. The number of para-hydroxylation sites is 1. The molecule has 2 aliphatic rings. The van der Waals surface area contributed by atoms with E-state index in [2.05, 4.69) is 39.2 Å². The van der Waals surface area contributed by atoms with Crippen molar-refractivity contribution in [3.8, 4) is 23.0 Å². The molecule has 3 heterocycles. The lowest BCUT2D eigenvalue weighted by Gasteiger charge is -2.35. The van der Waals surface area contributed by atoms with Gasteiger partial charge >= 0.3 is 0 Å². The molecule has 0 amide bonds. The fourth-order valence-corrected chi connectivity index (χ4v) is 3.84. The first-order chi connectivity index (χ1) is 14.3. The van der Waals surface area contributed by atoms with E-state index in [1.54, 1.807) is 4.68 Å². The lowest BCUT2D eigenvalue weighted by Crippen LogP contribution is -2.46. The van der Waals surface area contributed by atoms with Gasteiger partial charge in [-0.25, -0.2) is 4.68 Å². The number of nitrogens with zero attached hydrogens (tertiary/aromatic N) is 4. The first kappa shape index (κ1) is 18.2. The number of hydrogen-bond donors (Lipinski definition) is 0. The van der Waals surface area contributed by atoms with Crippen LogP contribution in [0, 0.1) is 4.84 Å². The van der Waals surface area contributed by atoms with Gasteiger partial charge in [-0.2, -0.15) is 0 Å². The number of fused-ring (bicyclic) bond motifs is 1. The SMILES string of the molecule is S=c1oc(-c2ccc3c(c2)OCCO3)nn1CN1CCN(c2ccccc2)CC1. The van der Waals surface area contributed by atoms with Crippen molar-refractivity contribution in [1.29, 1.82) is 0 Å². The predicted molar refractivity (Wildman–Crippen MR) is 112 cm³/mol. The lowest BCUT2D eigenvalue weighted by molar-refractivity contribution is 0.171. The van der Waals surface area contributed by atoms with Crippen LogP contribution in [0.2, 0.25) is 0 Å². The largest absolute Gasteiger partial charge is 0.486 e. The molecule has 29 heavy (non-hydrogen) atoms. The van der Waals surface area contributed by atoms with Crippen molar-refractivity contribution < 1.29 is 13.9 Å². The van der Waals surface area contributed by atoms with Gasteiger partial charge in [0.25, 0.3) is 4.84 Å². The smallest absolute Gasteiger partial charge is 0.288 e. The van der Waals surface area contributed by atoms with Gasteiger partial charge in [0, 0.05) is 37.4 Å². The van der Waals surface area contributed by atoms with Gasteiger partial charge in [0.2, 0.25) is 5.89 Å². The van der Waals surface area contributed by atoms with Crippen molar-refractivity contribution in [1.82, 2.24) is 14.7 Å². The molecule has 0 unspecified atom stereocenters. The van der Waals surface area contributed by atoms with E-state index in [9.17, 15) is 0 Å². The molecule has 3 aromatic rings. The van der Waals surface area contributed by atoms with Crippen molar-refractivity contribution in [3.05, 3.63) is 53.4 Å². The Kier molecular flexibility index (Phi) is 4.95. The number of ether oxygens (including phenoxy) is 2. The summed E-state index contributed by atoms with van der Waals surface area (Å²) in [6, 6.07) is 16.2. The molecule has 2 aliphatic heterocycles. The number of rotatable bonds is 4. The summed E-state index contributed by atoms with van der Waals surface area (Å²) in [6.45, 7) is 5.58. The molecule has 0 atom stereocenters. The van der Waals surface area contributed by atoms with E-state index in [1.807, 2.05) is 24.3 Å². The minimum Gasteiger partial charge on any atom is -0.486 e. The molecule has 7 nitrogen and oxygen atoms in total. The van der Waals surface area contributed by atoms with Crippen molar-refractivity contribution in [3.63, 3.8) is 0 Å². The second-order valence-corrected chi connectivity index (χ2v) is 7.46. The summed E-state index contributed by atoms with van der Waals surface area (Å²) in [5.41, 5.74) is 2.10. The Labute approximate surface area is 174 Å². The second kappa shape index (κ2) is 7.88. The summed E-state index contributed by atoms with van der Waals surface area (Å²) < 4.78 is 18.7. The van der Waals surface area contributed by atoms with Gasteiger partial charge in [-0.05, 0) is 42.5 Å². The zero-order valence-corrected chi connectivity index (χ0v) is 16.8. The third-order valence-electron chi connectivity index (χ3n) is 5.22. The van der Waals surface area contributed by atoms with E-state index >= 15 is 0 Å². The van der Waals surface area contributed by atoms with E-state index < -0.39 is 0 Å². The molecule has 0 bridgehead atoms. The number of piperazine rings is 1. The van der Waals surface area contributed by atoms with E-state index in [-0.39, 0.29) is 0 Å². The van der Waals surface area contributed by atoms with Crippen LogP contribution in [-0.2, 0) is 6.67 Å². The van der Waals surface area contributed by atoms with E-state index in [0.29, 0.717) is 36.4 Å². The van der Waals surface area contributed by atoms with E-state index in [4.69, 9.17) is 26.1 Å². The zero-order valence-electron chi connectivity index (χ0n) is 16.0. The highest BCUT2D eigenvalue weighted by Crippen LogP contribution is 2.34. The maximum absolute atomic E-state index is 5.76. The molecule has 2 aromatic carbocycles. The highest BCUT2D eigenvalue weighted by molar-refractivity contribution is 7.71. The van der Waals surface area contributed by atoms with Crippen molar-refractivity contribution in [2.24, 2.45) is 0 Å². The topological polar surface area (TPSA) is 55.9 Å². The highest BCUT2D eigenvalue weighted by atomic mass is 32.1. The number of anilines is 1. The highest BCUT2D eigenvalue weighted by Gasteiger charge is 2.20. The summed E-state index contributed by atoms with van der Waals surface area (Å²) in [7, 11) is 0. The quantitative estimate of drug-likeness (QED) is 0.611. The average molecular weight is 410 g/mol. The molecule has 0 spiro atoms. The molecule has 0 aliphatic carbocycles. The van der Waals surface area contributed by atoms with Crippen LogP contribution in [-0.4, -0.2) is 54.1 Å². The van der Waals surface area contributed by atoms with Crippen LogP contribution >= 0.6 is 12.2 Å². The molecule has 1 aromatic heterocycles. The Morgan fingerprint density at radius 1 is 0.897 bits per heavy atom. The standard InChI is InChI=1S/C21H22N4O3S/c29-21-25(15-23-8-10-24(11-9-23)17-4-2-1-3-5-17)22-20(28-21)16-6-7-18-19(14-16)27-13-12-26-18/h1-7,14H,8-13,15H2. The molecular formula is C21H22N4O3S. The molecule has 1 saturated heterocycles. The second-order valence-electron chi connectivity index (χ2n) is 7.11. The molecular weight excluding hydrogens is 388 g/mol. The Bertz CT molecular complexity index is 1040. The van der Waals surface area contributed by atoms with Crippen molar-refractivity contribution in [2.45, 2.75) is 6.67 Å². The fraction of sp³-hybridized carbons (Fsp3) is 0.333. The fourth-order valence-electron chi connectivity index (χ4n) is 3.66. The van der Waals surface area contributed by atoms with Crippen LogP contribution in [0.3, 0.4) is 0 Å². The number of aromatic nitrogens is 2. The van der Waals surface area contributed by atoms with Gasteiger partial charge in [-0.15, -0.1) is 5.10 Å². The van der Waals surface area contributed by atoms with Crippen LogP contribution in [0.25, 0.3) is 11.5 Å². The average Bonchev–Trinajstić information content (AvgIpc) is 3.15. The molecule has 1 fully saturated rings. The molecule has 5 rings (SSSR count). The third-order valence-corrected chi connectivity index (χ3v) is 5.52. The normalized spacial score (nSPS) is 16.8. The van der Waals surface area contributed by atoms with Gasteiger partial charge in [0.1, 0.15) is 13.2 Å². The van der Waals surface area contributed by atoms with Crippen LogP contribution in [0.15, 0.2) is 52.9 Å². The first-order valence-electron chi connectivity index (χ1n) is 9.76. The lowest BCUT2D eigenvalue weighted by atomic mass is 10.2. The molecule has 0 N–H and O–H groups in total. The summed E-state index contributed by atoms with van der Waals surface area (Å²) in [4.78, 5) is 5.12. The van der Waals surface area contributed by atoms with E-state index in [1.165, 1.54) is 5.69 Å². The zero-order chi connectivity index (χ0) is 19.6. The first-order valence-corrected chi connectivity index (χ1v) is 10.2. The Hall–Kier alpha value is -2.84.